The van der Waals surface area contributed by atoms with E-state index in [4.69, 9.17) is 4.74 Å². The summed E-state index contributed by atoms with van der Waals surface area (Å²) in [4.78, 5) is 12.0. The summed E-state index contributed by atoms with van der Waals surface area (Å²) in [6, 6.07) is 10.2. The first-order valence-corrected chi connectivity index (χ1v) is 6.92. The Bertz CT molecular complexity index is 786. The van der Waals surface area contributed by atoms with Crippen LogP contribution >= 0.6 is 0 Å². The molecule has 5 nitrogen and oxygen atoms in total. The zero-order valence-corrected chi connectivity index (χ0v) is 12.1. The van der Waals surface area contributed by atoms with Crippen molar-refractivity contribution >= 4 is 16.9 Å². The Kier molecular flexibility index (Phi) is 3.48. The van der Waals surface area contributed by atoms with Crippen LogP contribution in [0.4, 0.5) is 0 Å². The molecule has 108 valence electrons. The number of aryl methyl sites for hydroxylation is 1. The molecule has 3 aromatic rings. The molecule has 0 saturated heterocycles. The first-order chi connectivity index (χ1) is 10.2. The summed E-state index contributed by atoms with van der Waals surface area (Å²) in [7, 11) is 1.84. The molecule has 2 aromatic heterocycles. The van der Waals surface area contributed by atoms with Gasteiger partial charge in [0, 0.05) is 18.8 Å². The van der Waals surface area contributed by atoms with E-state index in [0.29, 0.717) is 18.7 Å². The number of ether oxygens (including phenoxy) is 1. The molecule has 0 spiro atoms. The predicted molar refractivity (Wildman–Crippen MR) is 80.2 cm³/mol. The Morgan fingerprint density at radius 3 is 2.90 bits per heavy atom. The number of nitrogens with zero attached hydrogens (tertiary/aromatic N) is 3. The fourth-order valence-electron chi connectivity index (χ4n) is 2.47. The van der Waals surface area contributed by atoms with Gasteiger partial charge in [0.25, 0.3) is 0 Å². The highest BCUT2D eigenvalue weighted by Gasteiger charge is 2.17. The van der Waals surface area contributed by atoms with Gasteiger partial charge in [-0.05, 0) is 24.4 Å². The topological polar surface area (TPSA) is 49.0 Å². The van der Waals surface area contributed by atoms with Crippen molar-refractivity contribution in [1.29, 1.82) is 0 Å². The average molecular weight is 283 g/mol. The van der Waals surface area contributed by atoms with E-state index in [0.717, 1.165) is 11.2 Å². The molecule has 0 aliphatic rings. The normalized spacial score (nSPS) is 11.0. The monoisotopic (exact) mass is 283 g/mol. The third-order valence-electron chi connectivity index (χ3n) is 3.56. The summed E-state index contributed by atoms with van der Waals surface area (Å²) in [6.07, 6.45) is 3.59. The van der Waals surface area contributed by atoms with Gasteiger partial charge in [-0.15, -0.1) is 0 Å². The number of carbonyl (C=O) groups is 1. The van der Waals surface area contributed by atoms with Crippen molar-refractivity contribution in [1.82, 2.24) is 14.3 Å². The number of para-hydroxylation sites is 1. The van der Waals surface area contributed by atoms with E-state index in [-0.39, 0.29) is 5.97 Å². The Hall–Kier alpha value is -2.56. The van der Waals surface area contributed by atoms with Crippen LogP contribution in [0.1, 0.15) is 23.0 Å². The van der Waals surface area contributed by atoms with Crippen LogP contribution in [-0.4, -0.2) is 26.9 Å². The molecule has 0 aliphatic carbocycles. The van der Waals surface area contributed by atoms with Gasteiger partial charge in [0.2, 0.25) is 0 Å². The molecular formula is C16H17N3O2. The van der Waals surface area contributed by atoms with Crippen LogP contribution < -0.4 is 0 Å². The number of hydrogen-bond acceptors (Lipinski definition) is 3. The molecule has 2 heterocycles. The van der Waals surface area contributed by atoms with Crippen molar-refractivity contribution in [3.8, 4) is 0 Å². The average Bonchev–Trinajstić information content (AvgIpc) is 3.05. The minimum Gasteiger partial charge on any atom is -0.462 e. The van der Waals surface area contributed by atoms with Gasteiger partial charge in [0.15, 0.2) is 0 Å². The van der Waals surface area contributed by atoms with Gasteiger partial charge < -0.3 is 9.30 Å². The van der Waals surface area contributed by atoms with E-state index in [9.17, 15) is 4.79 Å². The third kappa shape index (κ3) is 2.42. The summed E-state index contributed by atoms with van der Waals surface area (Å²) in [5.41, 5.74) is 2.50. The zero-order chi connectivity index (χ0) is 14.8. The Morgan fingerprint density at radius 1 is 1.29 bits per heavy atom. The SMILES string of the molecule is CCOC(=O)c1cnn(C)c1Cn1ccc2ccccc21. The fraction of sp³-hybridized carbons (Fsp3) is 0.250. The van der Waals surface area contributed by atoms with E-state index in [2.05, 4.69) is 27.9 Å². The number of benzene rings is 1. The highest BCUT2D eigenvalue weighted by Crippen LogP contribution is 2.18. The van der Waals surface area contributed by atoms with Crippen LogP contribution in [0.15, 0.2) is 42.7 Å². The van der Waals surface area contributed by atoms with Gasteiger partial charge in [-0.3, -0.25) is 4.68 Å². The summed E-state index contributed by atoms with van der Waals surface area (Å²) >= 11 is 0. The van der Waals surface area contributed by atoms with Gasteiger partial charge in [-0.1, -0.05) is 18.2 Å². The molecule has 1 aromatic carbocycles. The van der Waals surface area contributed by atoms with E-state index in [1.807, 2.05) is 25.4 Å². The summed E-state index contributed by atoms with van der Waals surface area (Å²) in [6.45, 7) is 2.74. The number of carbonyl (C=O) groups excluding carboxylic acids is 1. The number of rotatable bonds is 4. The second-order valence-corrected chi connectivity index (χ2v) is 4.85. The molecule has 0 saturated carbocycles. The Balaban J connectivity index is 1.98. The number of fused-ring (bicyclic) bond motifs is 1. The van der Waals surface area contributed by atoms with Crippen molar-refractivity contribution in [2.24, 2.45) is 7.05 Å². The van der Waals surface area contributed by atoms with E-state index >= 15 is 0 Å². The quantitative estimate of drug-likeness (QED) is 0.691. The van der Waals surface area contributed by atoms with Gasteiger partial charge in [-0.25, -0.2) is 4.79 Å². The van der Waals surface area contributed by atoms with Crippen molar-refractivity contribution in [3.63, 3.8) is 0 Å². The molecule has 0 amide bonds. The second-order valence-electron chi connectivity index (χ2n) is 4.85. The number of aromatic nitrogens is 3. The van der Waals surface area contributed by atoms with E-state index < -0.39 is 0 Å². The third-order valence-corrected chi connectivity index (χ3v) is 3.56. The molecule has 0 aliphatic heterocycles. The van der Waals surface area contributed by atoms with E-state index in [1.54, 1.807) is 17.8 Å². The number of hydrogen-bond donors (Lipinski definition) is 0. The van der Waals surface area contributed by atoms with Gasteiger partial charge >= 0.3 is 5.97 Å². The molecule has 3 rings (SSSR count). The molecule has 0 bridgehead atoms. The molecule has 0 unspecified atom stereocenters. The van der Waals surface area contributed by atoms with Crippen LogP contribution in [0.3, 0.4) is 0 Å². The first kappa shape index (κ1) is 13.4. The van der Waals surface area contributed by atoms with Gasteiger partial charge in [-0.2, -0.15) is 5.10 Å². The predicted octanol–water partition coefficient (Wildman–Crippen LogP) is 2.60. The van der Waals surface area contributed by atoms with Crippen molar-refractivity contribution in [3.05, 3.63) is 54.0 Å². The van der Waals surface area contributed by atoms with Crippen LogP contribution in [0, 0.1) is 0 Å². The summed E-state index contributed by atoms with van der Waals surface area (Å²) in [5, 5.41) is 5.36. The lowest BCUT2D eigenvalue weighted by atomic mass is 10.2. The molecule has 21 heavy (non-hydrogen) atoms. The smallest absolute Gasteiger partial charge is 0.341 e. The zero-order valence-electron chi connectivity index (χ0n) is 12.1. The molecule has 0 N–H and O–H groups in total. The van der Waals surface area contributed by atoms with Gasteiger partial charge in [0.05, 0.1) is 25.0 Å². The lowest BCUT2D eigenvalue weighted by molar-refractivity contribution is 0.0525. The molecule has 0 atom stereocenters. The molecule has 0 radical (unpaired) electrons. The highest BCUT2D eigenvalue weighted by atomic mass is 16.5. The minimum atomic E-state index is -0.322. The molecule has 5 heteroatoms. The van der Waals surface area contributed by atoms with Crippen molar-refractivity contribution < 1.29 is 9.53 Å². The largest absolute Gasteiger partial charge is 0.462 e. The van der Waals surface area contributed by atoms with E-state index in [1.165, 1.54) is 5.39 Å². The summed E-state index contributed by atoms with van der Waals surface area (Å²) < 4.78 is 8.92. The second kappa shape index (κ2) is 5.44. The Morgan fingerprint density at radius 2 is 2.10 bits per heavy atom. The highest BCUT2D eigenvalue weighted by molar-refractivity contribution is 5.90. The molecular weight excluding hydrogens is 266 g/mol. The van der Waals surface area contributed by atoms with Crippen LogP contribution in [-0.2, 0) is 18.3 Å². The maximum Gasteiger partial charge on any atom is 0.341 e. The number of esters is 1. The van der Waals surface area contributed by atoms with Crippen LogP contribution in [0.25, 0.3) is 10.9 Å². The maximum absolute atomic E-state index is 12.0. The standard InChI is InChI=1S/C16H17N3O2/c1-3-21-16(20)13-10-17-18(2)15(13)11-19-9-8-12-6-4-5-7-14(12)19/h4-10H,3,11H2,1-2H3. The van der Waals surface area contributed by atoms with Crippen molar-refractivity contribution in [2.45, 2.75) is 13.5 Å². The fourth-order valence-corrected chi connectivity index (χ4v) is 2.47. The lowest BCUT2D eigenvalue weighted by Gasteiger charge is -2.08. The lowest BCUT2D eigenvalue weighted by Crippen LogP contribution is -2.11. The van der Waals surface area contributed by atoms with Crippen molar-refractivity contribution in [2.75, 3.05) is 6.61 Å². The van der Waals surface area contributed by atoms with Gasteiger partial charge in [0.1, 0.15) is 5.56 Å². The van der Waals surface area contributed by atoms with Crippen LogP contribution in [0.2, 0.25) is 0 Å². The Labute approximate surface area is 122 Å². The van der Waals surface area contributed by atoms with Crippen LogP contribution in [0.5, 0.6) is 0 Å². The maximum atomic E-state index is 12.0. The molecule has 0 fully saturated rings. The first-order valence-electron chi connectivity index (χ1n) is 6.92. The minimum absolute atomic E-state index is 0.322. The summed E-state index contributed by atoms with van der Waals surface area (Å²) in [5.74, 6) is -0.322.